The molecular weight excluding hydrogens is 318 g/mol. The van der Waals surface area contributed by atoms with Gasteiger partial charge in [0.2, 0.25) is 0 Å². The molecule has 0 radical (unpaired) electrons. The highest BCUT2D eigenvalue weighted by molar-refractivity contribution is 5.94. The summed E-state index contributed by atoms with van der Waals surface area (Å²) in [5.41, 5.74) is 3.60. The van der Waals surface area contributed by atoms with Crippen molar-refractivity contribution in [3.8, 4) is 0 Å². The fraction of sp³-hybridized carbons (Fsp3) is 0.474. The van der Waals surface area contributed by atoms with Gasteiger partial charge < -0.3 is 19.1 Å². The summed E-state index contributed by atoms with van der Waals surface area (Å²) in [6.07, 6.45) is 0. The van der Waals surface area contributed by atoms with Crippen molar-refractivity contribution in [3.63, 3.8) is 0 Å². The first-order valence-electron chi connectivity index (χ1n) is 8.58. The smallest absolute Gasteiger partial charge is 0.276 e. The lowest BCUT2D eigenvalue weighted by Crippen LogP contribution is -2.54. The van der Waals surface area contributed by atoms with Crippen molar-refractivity contribution in [3.05, 3.63) is 46.8 Å². The van der Waals surface area contributed by atoms with Gasteiger partial charge in [-0.15, -0.1) is 0 Å². The molecule has 0 bridgehead atoms. The number of hydrogen-bond acceptors (Lipinski definition) is 5. The molecule has 0 N–H and O–H groups in total. The van der Waals surface area contributed by atoms with Gasteiger partial charge in [0.05, 0.1) is 12.2 Å². The zero-order chi connectivity index (χ0) is 18.0. The number of carbonyl (C=O) groups is 1. The van der Waals surface area contributed by atoms with Gasteiger partial charge in [-0.1, -0.05) is 23.4 Å². The standard InChI is InChI=1S/C19H25N3O3/c1-13-7-5-6-8-17(13)21-9-10-22(14(2)11-21)19(23)18-16(12-24-4)15(3)25-20-18/h5-8,14H,9-12H2,1-4H3. The SMILES string of the molecule is COCc1c(C(=O)N2CCN(c3ccccc3C)CC2C)noc1C. The average Bonchev–Trinajstić information content (AvgIpc) is 2.96. The van der Waals surface area contributed by atoms with Crippen molar-refractivity contribution in [1.29, 1.82) is 0 Å². The highest BCUT2D eigenvalue weighted by Crippen LogP contribution is 2.24. The van der Waals surface area contributed by atoms with Crippen molar-refractivity contribution in [2.45, 2.75) is 33.4 Å². The lowest BCUT2D eigenvalue weighted by molar-refractivity contribution is 0.0659. The summed E-state index contributed by atoms with van der Waals surface area (Å²) in [5, 5.41) is 3.98. The molecule has 2 heterocycles. The summed E-state index contributed by atoms with van der Waals surface area (Å²) in [6.45, 7) is 8.58. The summed E-state index contributed by atoms with van der Waals surface area (Å²) in [7, 11) is 1.60. The number of ether oxygens (including phenoxy) is 1. The third-order valence-corrected chi connectivity index (χ3v) is 4.82. The van der Waals surface area contributed by atoms with Crippen molar-refractivity contribution in [1.82, 2.24) is 10.1 Å². The highest BCUT2D eigenvalue weighted by Gasteiger charge is 2.32. The van der Waals surface area contributed by atoms with Gasteiger partial charge in [0.1, 0.15) is 5.76 Å². The Morgan fingerprint density at radius 2 is 2.08 bits per heavy atom. The van der Waals surface area contributed by atoms with E-state index in [2.05, 4.69) is 42.1 Å². The van der Waals surface area contributed by atoms with E-state index in [0.717, 1.165) is 18.7 Å². The molecule has 1 aliphatic rings. The Morgan fingerprint density at radius 1 is 1.32 bits per heavy atom. The molecule has 1 atom stereocenters. The first-order valence-corrected chi connectivity index (χ1v) is 8.58. The van der Waals surface area contributed by atoms with E-state index < -0.39 is 0 Å². The minimum Gasteiger partial charge on any atom is -0.380 e. The number of methoxy groups -OCH3 is 1. The largest absolute Gasteiger partial charge is 0.380 e. The number of amides is 1. The molecule has 0 saturated carbocycles. The predicted octanol–water partition coefficient (Wildman–Crippen LogP) is 2.79. The molecule has 6 heteroatoms. The van der Waals surface area contributed by atoms with E-state index in [9.17, 15) is 4.79 Å². The minimum absolute atomic E-state index is 0.0826. The lowest BCUT2D eigenvalue weighted by atomic mass is 10.1. The van der Waals surface area contributed by atoms with Crippen molar-refractivity contribution >= 4 is 11.6 Å². The number of aromatic nitrogens is 1. The summed E-state index contributed by atoms with van der Waals surface area (Å²) in [4.78, 5) is 17.2. The molecule has 1 aliphatic heterocycles. The average molecular weight is 343 g/mol. The van der Waals surface area contributed by atoms with Crippen LogP contribution in [0.3, 0.4) is 0 Å². The van der Waals surface area contributed by atoms with E-state index in [1.807, 2.05) is 11.0 Å². The van der Waals surface area contributed by atoms with Gasteiger partial charge in [-0.25, -0.2) is 0 Å². The topological polar surface area (TPSA) is 58.8 Å². The Bertz CT molecular complexity index is 756. The van der Waals surface area contributed by atoms with Crippen LogP contribution in [-0.2, 0) is 11.3 Å². The second kappa shape index (κ2) is 7.27. The molecule has 2 aromatic rings. The molecule has 1 fully saturated rings. The third kappa shape index (κ3) is 3.39. The van der Waals surface area contributed by atoms with Crippen molar-refractivity contribution < 1.29 is 14.1 Å². The molecule has 1 amide bonds. The molecule has 0 spiro atoms. The zero-order valence-electron chi connectivity index (χ0n) is 15.3. The number of para-hydroxylation sites is 1. The van der Waals surface area contributed by atoms with Crippen LogP contribution in [0.1, 0.15) is 34.3 Å². The van der Waals surface area contributed by atoms with Crippen LogP contribution >= 0.6 is 0 Å². The fourth-order valence-electron chi connectivity index (χ4n) is 3.41. The second-order valence-electron chi connectivity index (χ2n) is 6.58. The molecule has 1 unspecified atom stereocenters. The first kappa shape index (κ1) is 17.5. The van der Waals surface area contributed by atoms with E-state index >= 15 is 0 Å². The van der Waals surface area contributed by atoms with E-state index in [0.29, 0.717) is 24.6 Å². The van der Waals surface area contributed by atoms with Crippen molar-refractivity contribution in [2.24, 2.45) is 0 Å². The normalized spacial score (nSPS) is 17.8. The Hall–Kier alpha value is -2.34. The Balaban J connectivity index is 1.76. The van der Waals surface area contributed by atoms with Crippen LogP contribution in [0, 0.1) is 13.8 Å². The van der Waals surface area contributed by atoms with Crippen molar-refractivity contribution in [2.75, 3.05) is 31.6 Å². The molecule has 1 saturated heterocycles. The van der Waals surface area contributed by atoms with Gasteiger partial charge in [-0.3, -0.25) is 4.79 Å². The highest BCUT2D eigenvalue weighted by atomic mass is 16.5. The number of nitrogens with zero attached hydrogens (tertiary/aromatic N) is 3. The number of piperazine rings is 1. The number of aryl methyl sites for hydroxylation is 2. The van der Waals surface area contributed by atoms with Crippen LogP contribution in [0.25, 0.3) is 0 Å². The summed E-state index contributed by atoms with van der Waals surface area (Å²) in [6, 6.07) is 8.45. The zero-order valence-corrected chi connectivity index (χ0v) is 15.3. The van der Waals surface area contributed by atoms with Crippen LogP contribution in [0.5, 0.6) is 0 Å². The van der Waals surface area contributed by atoms with Crippen LogP contribution in [0.4, 0.5) is 5.69 Å². The number of rotatable bonds is 4. The Kier molecular flexibility index (Phi) is 5.08. The van der Waals surface area contributed by atoms with Gasteiger partial charge in [0.15, 0.2) is 5.69 Å². The second-order valence-corrected chi connectivity index (χ2v) is 6.58. The number of carbonyl (C=O) groups excluding carboxylic acids is 1. The van der Waals surface area contributed by atoms with E-state index in [4.69, 9.17) is 9.26 Å². The predicted molar refractivity (Wildman–Crippen MR) is 95.8 cm³/mol. The summed E-state index contributed by atoms with van der Waals surface area (Å²) in [5.74, 6) is 0.553. The van der Waals surface area contributed by atoms with Gasteiger partial charge >= 0.3 is 0 Å². The molecule has 134 valence electrons. The molecule has 1 aromatic heterocycles. The fourth-order valence-corrected chi connectivity index (χ4v) is 3.41. The number of benzene rings is 1. The minimum atomic E-state index is -0.0826. The van der Waals surface area contributed by atoms with E-state index in [1.54, 1.807) is 14.0 Å². The third-order valence-electron chi connectivity index (χ3n) is 4.82. The van der Waals surface area contributed by atoms with Gasteiger partial charge in [0.25, 0.3) is 5.91 Å². The van der Waals surface area contributed by atoms with Gasteiger partial charge in [-0.2, -0.15) is 0 Å². The van der Waals surface area contributed by atoms with E-state index in [1.165, 1.54) is 11.3 Å². The lowest BCUT2D eigenvalue weighted by Gasteiger charge is -2.41. The molecule has 0 aliphatic carbocycles. The van der Waals surface area contributed by atoms with Crippen LogP contribution in [-0.4, -0.2) is 48.7 Å². The van der Waals surface area contributed by atoms with Crippen LogP contribution in [0.2, 0.25) is 0 Å². The number of anilines is 1. The van der Waals surface area contributed by atoms with Gasteiger partial charge in [0, 0.05) is 38.5 Å². The number of hydrogen-bond donors (Lipinski definition) is 0. The summed E-state index contributed by atoms with van der Waals surface area (Å²) >= 11 is 0. The van der Waals surface area contributed by atoms with Crippen LogP contribution < -0.4 is 4.90 Å². The molecule has 3 rings (SSSR count). The maximum Gasteiger partial charge on any atom is 0.276 e. The molecular formula is C19H25N3O3. The van der Waals surface area contributed by atoms with E-state index in [-0.39, 0.29) is 11.9 Å². The maximum atomic E-state index is 13.0. The van der Waals surface area contributed by atoms with Crippen LogP contribution in [0.15, 0.2) is 28.8 Å². The summed E-state index contributed by atoms with van der Waals surface area (Å²) < 4.78 is 10.4. The molecule has 25 heavy (non-hydrogen) atoms. The monoisotopic (exact) mass is 343 g/mol. The van der Waals surface area contributed by atoms with Gasteiger partial charge in [-0.05, 0) is 32.4 Å². The Morgan fingerprint density at radius 3 is 2.76 bits per heavy atom. The Labute approximate surface area is 148 Å². The molecule has 1 aromatic carbocycles. The maximum absolute atomic E-state index is 13.0. The first-order chi connectivity index (χ1) is 12.0. The molecule has 6 nitrogen and oxygen atoms in total. The quantitative estimate of drug-likeness (QED) is 0.854.